The monoisotopic (exact) mass is 360 g/mol. The normalized spacial score (nSPS) is 27.1. The first-order valence-electron chi connectivity index (χ1n) is 10.2. The van der Waals surface area contributed by atoms with Gasteiger partial charge in [-0.1, -0.05) is 19.8 Å². The van der Waals surface area contributed by atoms with E-state index in [1.165, 1.54) is 6.42 Å². The third-order valence-electron chi connectivity index (χ3n) is 5.50. The number of hydrogen-bond acceptors (Lipinski definition) is 4. The lowest BCUT2D eigenvalue weighted by atomic mass is 9.95. The van der Waals surface area contributed by atoms with Crippen LogP contribution in [0.15, 0.2) is 24.3 Å². The number of amides is 1. The highest BCUT2D eigenvalue weighted by molar-refractivity contribution is 5.94. The zero-order chi connectivity index (χ0) is 18.4. The third-order valence-corrected chi connectivity index (χ3v) is 5.50. The van der Waals surface area contributed by atoms with Gasteiger partial charge in [0.25, 0.3) is 0 Å². The van der Waals surface area contributed by atoms with E-state index in [4.69, 9.17) is 4.74 Å². The van der Waals surface area contributed by atoms with Gasteiger partial charge in [0, 0.05) is 5.69 Å². The van der Waals surface area contributed by atoms with Crippen molar-refractivity contribution < 1.29 is 14.6 Å². The van der Waals surface area contributed by atoms with Gasteiger partial charge in [0.15, 0.2) is 0 Å². The van der Waals surface area contributed by atoms with Crippen molar-refractivity contribution in [3.63, 3.8) is 0 Å². The highest BCUT2D eigenvalue weighted by Crippen LogP contribution is 2.25. The van der Waals surface area contributed by atoms with Gasteiger partial charge in [-0.2, -0.15) is 0 Å². The fraction of sp³-hybridized carbons (Fsp3) is 0.667. The number of aliphatic hydroxyl groups excluding tert-OH is 1. The van der Waals surface area contributed by atoms with Crippen molar-refractivity contribution in [2.24, 2.45) is 0 Å². The number of carbonyl (C=O) groups is 1. The van der Waals surface area contributed by atoms with Crippen LogP contribution in [0.25, 0.3) is 0 Å². The van der Waals surface area contributed by atoms with E-state index in [9.17, 15) is 9.90 Å². The fourth-order valence-electron chi connectivity index (χ4n) is 4.07. The predicted molar refractivity (Wildman–Crippen MR) is 103 cm³/mol. The van der Waals surface area contributed by atoms with Crippen molar-refractivity contribution >= 4 is 11.6 Å². The molecular weight excluding hydrogens is 328 g/mol. The van der Waals surface area contributed by atoms with E-state index < -0.39 is 0 Å². The molecule has 1 aromatic rings. The topological polar surface area (TPSA) is 61.8 Å². The molecule has 144 valence electrons. The first kappa shape index (κ1) is 19.2. The molecule has 1 saturated heterocycles. The Bertz CT molecular complexity index is 573. The van der Waals surface area contributed by atoms with Crippen LogP contribution in [0.1, 0.15) is 58.3 Å². The third kappa shape index (κ3) is 4.98. The summed E-state index contributed by atoms with van der Waals surface area (Å²) in [6, 6.07) is 7.51. The summed E-state index contributed by atoms with van der Waals surface area (Å²) in [6.45, 7) is 4.16. The first-order valence-corrected chi connectivity index (χ1v) is 10.2. The lowest BCUT2D eigenvalue weighted by Gasteiger charge is -2.34. The van der Waals surface area contributed by atoms with Crippen LogP contribution in [0.3, 0.4) is 0 Å². The maximum absolute atomic E-state index is 12.7. The van der Waals surface area contributed by atoms with Crippen LogP contribution in [0.5, 0.6) is 5.75 Å². The number of hydrogen-bond donors (Lipinski definition) is 2. The van der Waals surface area contributed by atoms with Crippen LogP contribution in [-0.4, -0.2) is 47.3 Å². The Kier molecular flexibility index (Phi) is 6.92. The molecule has 5 heteroatoms. The molecule has 0 spiro atoms. The summed E-state index contributed by atoms with van der Waals surface area (Å²) in [5.74, 6) is 0.841. The zero-order valence-corrected chi connectivity index (χ0v) is 15.8. The maximum Gasteiger partial charge on any atom is 0.241 e. The predicted octanol–water partition coefficient (Wildman–Crippen LogP) is 3.57. The van der Waals surface area contributed by atoms with Crippen molar-refractivity contribution in [3.8, 4) is 5.75 Å². The van der Waals surface area contributed by atoms with Crippen LogP contribution in [0.2, 0.25) is 0 Å². The molecule has 1 aliphatic heterocycles. The maximum atomic E-state index is 12.7. The number of ether oxygens (including phenoxy) is 1. The second-order valence-electron chi connectivity index (χ2n) is 7.57. The van der Waals surface area contributed by atoms with E-state index in [2.05, 4.69) is 17.1 Å². The van der Waals surface area contributed by atoms with Gasteiger partial charge in [0.2, 0.25) is 5.91 Å². The molecule has 1 heterocycles. The molecule has 26 heavy (non-hydrogen) atoms. The first-order chi connectivity index (χ1) is 12.7. The number of nitrogens with one attached hydrogen (secondary N) is 1. The molecule has 1 aliphatic carbocycles. The van der Waals surface area contributed by atoms with Crippen LogP contribution in [0, 0.1) is 0 Å². The minimum absolute atomic E-state index is 0.0167. The molecule has 3 unspecified atom stereocenters. The average molecular weight is 360 g/mol. The molecule has 1 amide bonds. The Morgan fingerprint density at radius 1 is 1.15 bits per heavy atom. The smallest absolute Gasteiger partial charge is 0.241 e. The highest BCUT2D eigenvalue weighted by Gasteiger charge is 2.28. The summed E-state index contributed by atoms with van der Waals surface area (Å²) in [5.41, 5.74) is 0.800. The summed E-state index contributed by atoms with van der Waals surface area (Å²) in [4.78, 5) is 15.0. The van der Waals surface area contributed by atoms with Crippen LogP contribution < -0.4 is 10.1 Å². The molecular formula is C21H32N2O3. The lowest BCUT2D eigenvalue weighted by Crippen LogP contribution is -2.47. The van der Waals surface area contributed by atoms with E-state index >= 15 is 0 Å². The van der Waals surface area contributed by atoms with Gasteiger partial charge >= 0.3 is 0 Å². The van der Waals surface area contributed by atoms with Crippen molar-refractivity contribution in [2.75, 3.05) is 18.4 Å². The fourth-order valence-corrected chi connectivity index (χ4v) is 4.07. The summed E-state index contributed by atoms with van der Waals surface area (Å²) < 4.78 is 5.92. The summed E-state index contributed by atoms with van der Waals surface area (Å²) in [7, 11) is 0. The lowest BCUT2D eigenvalue weighted by molar-refractivity contribution is -0.122. The number of nitrogens with zero attached hydrogens (tertiary/aromatic N) is 1. The van der Waals surface area contributed by atoms with Gasteiger partial charge < -0.3 is 15.2 Å². The summed E-state index contributed by atoms with van der Waals surface area (Å²) >= 11 is 0. The highest BCUT2D eigenvalue weighted by atomic mass is 16.5. The quantitative estimate of drug-likeness (QED) is 0.814. The Labute approximate surface area is 156 Å². The number of aliphatic hydroxyl groups is 1. The molecule has 2 fully saturated rings. The standard InChI is InChI=1S/C21H32N2O3/c1-2-14-23-15-6-5-7-18(23)21(25)22-16-10-12-17(13-11-16)26-20-9-4-3-8-19(20)24/h10-13,18-20,24H,2-9,14-15H2,1H3,(H,22,25). The van der Waals surface area contributed by atoms with E-state index in [1.54, 1.807) is 0 Å². The summed E-state index contributed by atoms with van der Waals surface area (Å²) in [6.07, 6.45) is 7.71. The van der Waals surface area contributed by atoms with Crippen molar-refractivity contribution in [3.05, 3.63) is 24.3 Å². The van der Waals surface area contributed by atoms with Crippen molar-refractivity contribution in [2.45, 2.75) is 76.5 Å². The van der Waals surface area contributed by atoms with Gasteiger partial charge in [-0.25, -0.2) is 0 Å². The number of benzene rings is 1. The Balaban J connectivity index is 1.55. The van der Waals surface area contributed by atoms with Crippen LogP contribution in [0.4, 0.5) is 5.69 Å². The van der Waals surface area contributed by atoms with Gasteiger partial charge in [-0.15, -0.1) is 0 Å². The number of anilines is 1. The largest absolute Gasteiger partial charge is 0.488 e. The number of piperidine rings is 1. The second-order valence-corrected chi connectivity index (χ2v) is 7.57. The molecule has 2 N–H and O–H groups in total. The summed E-state index contributed by atoms with van der Waals surface area (Å²) in [5, 5.41) is 13.1. The number of carbonyl (C=O) groups excluding carboxylic acids is 1. The minimum atomic E-state index is -0.376. The van der Waals surface area contributed by atoms with E-state index in [-0.39, 0.29) is 24.2 Å². The van der Waals surface area contributed by atoms with Gasteiger partial charge in [-0.3, -0.25) is 9.69 Å². The molecule has 2 aliphatic rings. The van der Waals surface area contributed by atoms with Gasteiger partial charge in [-0.05, 0) is 75.9 Å². The van der Waals surface area contributed by atoms with Crippen molar-refractivity contribution in [1.82, 2.24) is 4.90 Å². The molecule has 0 bridgehead atoms. The number of rotatable bonds is 6. The second kappa shape index (κ2) is 9.38. The van der Waals surface area contributed by atoms with Gasteiger partial charge in [0.05, 0.1) is 12.1 Å². The molecule has 3 rings (SSSR count). The van der Waals surface area contributed by atoms with E-state index in [1.807, 2.05) is 24.3 Å². The Hall–Kier alpha value is -1.59. The molecule has 0 aromatic heterocycles. The Morgan fingerprint density at radius 2 is 1.88 bits per heavy atom. The molecule has 1 saturated carbocycles. The molecule has 5 nitrogen and oxygen atoms in total. The minimum Gasteiger partial charge on any atom is -0.488 e. The average Bonchev–Trinajstić information content (AvgIpc) is 2.66. The van der Waals surface area contributed by atoms with E-state index in [0.717, 1.165) is 69.5 Å². The number of likely N-dealkylation sites (tertiary alicyclic amines) is 1. The van der Waals surface area contributed by atoms with Crippen LogP contribution >= 0.6 is 0 Å². The van der Waals surface area contributed by atoms with Gasteiger partial charge in [0.1, 0.15) is 11.9 Å². The molecule has 0 radical (unpaired) electrons. The van der Waals surface area contributed by atoms with Crippen molar-refractivity contribution in [1.29, 1.82) is 0 Å². The SMILES string of the molecule is CCCN1CCCCC1C(=O)Nc1ccc(OC2CCCCC2O)cc1. The Morgan fingerprint density at radius 3 is 2.62 bits per heavy atom. The zero-order valence-electron chi connectivity index (χ0n) is 15.8. The molecule has 3 atom stereocenters. The van der Waals surface area contributed by atoms with E-state index in [0.29, 0.717) is 0 Å². The molecule has 1 aromatic carbocycles. The van der Waals surface area contributed by atoms with Crippen LogP contribution in [-0.2, 0) is 4.79 Å².